The van der Waals surface area contributed by atoms with E-state index in [1.54, 1.807) is 51.1 Å². The smallest absolute Gasteiger partial charge is 0.380 e. The molecule has 0 bridgehead atoms. The number of benzene rings is 2. The topological polar surface area (TPSA) is 36.0 Å². The van der Waals surface area contributed by atoms with Crippen molar-refractivity contribution in [3.63, 3.8) is 0 Å². The third-order valence-electron chi connectivity index (χ3n) is 5.27. The van der Waals surface area contributed by atoms with Gasteiger partial charge in [0.1, 0.15) is 5.82 Å². The normalized spacial score (nSPS) is 15.0. The molecule has 1 heterocycles. The van der Waals surface area contributed by atoms with Gasteiger partial charge in [-0.2, -0.15) is 13.2 Å². The molecule has 150 valence electrons. The first-order valence-electron chi connectivity index (χ1n) is 9.04. The first-order chi connectivity index (χ1) is 12.9. The summed E-state index contributed by atoms with van der Waals surface area (Å²) >= 11 is 0. The quantitative estimate of drug-likeness (QED) is 0.527. The zero-order valence-corrected chi connectivity index (χ0v) is 16.0. The molecule has 0 saturated heterocycles. The monoisotopic (exact) mass is 393 g/mol. The van der Waals surface area contributed by atoms with E-state index >= 15 is 0 Å². The van der Waals surface area contributed by atoms with Crippen LogP contribution in [0.3, 0.4) is 0 Å². The fourth-order valence-corrected chi connectivity index (χ4v) is 3.71. The fraction of sp³-hybridized carbons (Fsp3) is 0.364. The van der Waals surface area contributed by atoms with Crippen molar-refractivity contribution < 1.29 is 22.7 Å². The lowest BCUT2D eigenvalue weighted by atomic mass is 9.73. The highest BCUT2D eigenvalue weighted by Gasteiger charge is 2.56. The van der Waals surface area contributed by atoms with Crippen LogP contribution in [0, 0.1) is 12.7 Å². The molecule has 1 atom stereocenters. The van der Waals surface area contributed by atoms with Crippen molar-refractivity contribution in [2.75, 3.05) is 0 Å². The molecule has 0 aliphatic rings. The minimum Gasteiger partial charge on any atom is -0.380 e. The van der Waals surface area contributed by atoms with Gasteiger partial charge in [0.15, 0.2) is 5.60 Å². The van der Waals surface area contributed by atoms with Crippen LogP contribution in [0.15, 0.2) is 48.5 Å². The maximum absolute atomic E-state index is 13.9. The van der Waals surface area contributed by atoms with Crippen LogP contribution in [0.4, 0.5) is 17.6 Å². The molecule has 0 radical (unpaired) electrons. The summed E-state index contributed by atoms with van der Waals surface area (Å²) in [5.41, 5.74) is -2.01. The van der Waals surface area contributed by atoms with Crippen LogP contribution < -0.4 is 0 Å². The first kappa shape index (κ1) is 20.4. The summed E-state index contributed by atoms with van der Waals surface area (Å²) in [6.07, 6.45) is -5.96. The summed E-state index contributed by atoms with van der Waals surface area (Å²) in [7, 11) is 0. The maximum atomic E-state index is 13.9. The van der Waals surface area contributed by atoms with E-state index in [2.05, 4.69) is 4.98 Å². The van der Waals surface area contributed by atoms with Crippen LogP contribution >= 0.6 is 0 Å². The molecular formula is C22H23F4NO. The summed E-state index contributed by atoms with van der Waals surface area (Å²) in [6, 6.07) is 13.0. The van der Waals surface area contributed by atoms with Crippen LogP contribution in [0.25, 0.3) is 10.9 Å². The van der Waals surface area contributed by atoms with Crippen molar-refractivity contribution >= 4 is 10.9 Å². The Morgan fingerprint density at radius 3 is 2.29 bits per heavy atom. The highest BCUT2D eigenvalue weighted by molar-refractivity contribution is 5.80. The molecule has 2 N–H and O–H groups in total. The van der Waals surface area contributed by atoms with Crippen molar-refractivity contribution in [3.8, 4) is 0 Å². The van der Waals surface area contributed by atoms with E-state index in [0.717, 1.165) is 10.9 Å². The van der Waals surface area contributed by atoms with E-state index in [1.807, 2.05) is 0 Å². The fourth-order valence-electron chi connectivity index (χ4n) is 3.71. The summed E-state index contributed by atoms with van der Waals surface area (Å²) in [4.78, 5) is 2.96. The van der Waals surface area contributed by atoms with Gasteiger partial charge >= 0.3 is 6.18 Å². The molecule has 0 amide bonds. The van der Waals surface area contributed by atoms with Gasteiger partial charge in [0.05, 0.1) is 0 Å². The molecule has 0 aliphatic carbocycles. The molecule has 0 spiro atoms. The minimum atomic E-state index is -4.82. The van der Waals surface area contributed by atoms with Crippen molar-refractivity contribution in [2.24, 2.45) is 0 Å². The van der Waals surface area contributed by atoms with Crippen molar-refractivity contribution in [1.82, 2.24) is 4.98 Å². The predicted octanol–water partition coefficient (Wildman–Crippen LogP) is 5.82. The second-order valence-electron chi connectivity index (χ2n) is 8.11. The Morgan fingerprint density at radius 2 is 1.68 bits per heavy atom. The van der Waals surface area contributed by atoms with Crippen LogP contribution in [-0.2, 0) is 11.8 Å². The molecular weight excluding hydrogens is 370 g/mol. The second-order valence-corrected chi connectivity index (χ2v) is 8.11. The molecule has 2 aromatic carbocycles. The molecule has 0 fully saturated rings. The van der Waals surface area contributed by atoms with Gasteiger partial charge < -0.3 is 10.1 Å². The predicted molar refractivity (Wildman–Crippen MR) is 102 cm³/mol. The third kappa shape index (κ3) is 3.92. The van der Waals surface area contributed by atoms with E-state index < -0.39 is 35.9 Å². The Bertz CT molecular complexity index is 957. The van der Waals surface area contributed by atoms with Crippen molar-refractivity contribution in [2.45, 2.75) is 50.8 Å². The average molecular weight is 393 g/mol. The number of H-pyrrole nitrogens is 1. The van der Waals surface area contributed by atoms with Gasteiger partial charge in [0, 0.05) is 17.6 Å². The van der Waals surface area contributed by atoms with Crippen LogP contribution in [0.5, 0.6) is 0 Å². The number of halogens is 4. The van der Waals surface area contributed by atoms with Gasteiger partial charge in [0.2, 0.25) is 0 Å². The number of hydrogen-bond acceptors (Lipinski definition) is 1. The summed E-state index contributed by atoms with van der Waals surface area (Å²) in [5, 5.41) is 11.5. The number of para-hydroxylation sites is 1. The van der Waals surface area contributed by atoms with Crippen molar-refractivity contribution in [1.29, 1.82) is 0 Å². The number of alkyl halides is 3. The molecule has 28 heavy (non-hydrogen) atoms. The van der Waals surface area contributed by atoms with Gasteiger partial charge in [-0.25, -0.2) is 4.39 Å². The van der Waals surface area contributed by atoms with Gasteiger partial charge in [0.25, 0.3) is 0 Å². The number of aliphatic hydroxyl groups is 1. The number of aryl methyl sites for hydroxylation is 1. The lowest BCUT2D eigenvalue weighted by molar-refractivity contribution is -0.266. The van der Waals surface area contributed by atoms with E-state index in [-0.39, 0.29) is 0 Å². The van der Waals surface area contributed by atoms with Crippen LogP contribution in [0.2, 0.25) is 0 Å². The molecule has 2 nitrogen and oxygen atoms in total. The second kappa shape index (κ2) is 6.92. The zero-order valence-electron chi connectivity index (χ0n) is 16.0. The van der Waals surface area contributed by atoms with Crippen molar-refractivity contribution in [3.05, 3.63) is 71.2 Å². The Balaban J connectivity index is 1.95. The molecule has 1 unspecified atom stereocenters. The summed E-state index contributed by atoms with van der Waals surface area (Å²) in [6.45, 7) is 4.82. The number of hydrogen-bond donors (Lipinski definition) is 2. The lowest BCUT2D eigenvalue weighted by Crippen LogP contribution is -2.50. The molecule has 3 rings (SSSR count). The van der Waals surface area contributed by atoms with Gasteiger partial charge in [-0.1, -0.05) is 44.2 Å². The highest BCUT2D eigenvalue weighted by atomic mass is 19.4. The van der Waals surface area contributed by atoms with Crippen LogP contribution in [-0.4, -0.2) is 21.9 Å². The summed E-state index contributed by atoms with van der Waals surface area (Å²) < 4.78 is 55.3. The number of fused-ring (bicyclic) bond motifs is 1. The summed E-state index contributed by atoms with van der Waals surface area (Å²) in [5.74, 6) is -0.413. The van der Waals surface area contributed by atoms with Gasteiger partial charge in [-0.15, -0.1) is 0 Å². The number of aromatic nitrogens is 1. The minimum absolute atomic E-state index is 0.312. The SMILES string of the molecule is Cc1cc(C(C)(C)CC(O)(Cc2cc3ccccc3[nH]2)C(F)(F)F)ccc1F. The largest absolute Gasteiger partial charge is 0.417 e. The standard InChI is InChI=1S/C22H23F4NO/c1-14-10-16(8-9-18(14)23)20(2,3)13-21(28,22(24,25)26)12-17-11-15-6-4-5-7-19(15)27-17/h4-11,27-28H,12-13H2,1-3H3. The molecule has 0 aliphatic heterocycles. The highest BCUT2D eigenvalue weighted by Crippen LogP contribution is 2.43. The van der Waals surface area contributed by atoms with E-state index in [9.17, 15) is 22.7 Å². The third-order valence-corrected chi connectivity index (χ3v) is 5.27. The van der Waals surface area contributed by atoms with Gasteiger partial charge in [-0.05, 0) is 53.5 Å². The molecule has 1 aromatic heterocycles. The number of rotatable bonds is 5. The Kier molecular flexibility index (Phi) is 5.04. The zero-order chi connectivity index (χ0) is 20.7. The molecule has 3 aromatic rings. The molecule has 6 heteroatoms. The van der Waals surface area contributed by atoms with E-state index in [1.165, 1.54) is 18.2 Å². The van der Waals surface area contributed by atoms with Gasteiger partial charge in [-0.3, -0.25) is 0 Å². The van der Waals surface area contributed by atoms with E-state index in [0.29, 0.717) is 16.8 Å². The number of nitrogens with one attached hydrogen (secondary N) is 1. The Labute approximate surface area is 161 Å². The lowest BCUT2D eigenvalue weighted by Gasteiger charge is -2.38. The number of aromatic amines is 1. The average Bonchev–Trinajstić information content (AvgIpc) is 2.97. The Morgan fingerprint density at radius 1 is 1.00 bits per heavy atom. The first-order valence-corrected chi connectivity index (χ1v) is 9.04. The molecule has 0 saturated carbocycles. The van der Waals surface area contributed by atoms with Crippen LogP contribution in [0.1, 0.15) is 37.1 Å². The van der Waals surface area contributed by atoms with E-state index in [4.69, 9.17) is 0 Å². The maximum Gasteiger partial charge on any atom is 0.417 e. The Hall–Kier alpha value is -2.34.